The van der Waals surface area contributed by atoms with E-state index in [1.807, 2.05) is 28.9 Å². The summed E-state index contributed by atoms with van der Waals surface area (Å²) in [5.74, 6) is 1.13. The Balaban J connectivity index is 1.73. The molecule has 0 aliphatic carbocycles. The van der Waals surface area contributed by atoms with E-state index in [1.165, 1.54) is 0 Å². The summed E-state index contributed by atoms with van der Waals surface area (Å²) in [5.41, 5.74) is 1.61. The first-order valence-electron chi connectivity index (χ1n) is 7.84. The average molecular weight is 311 g/mol. The Hall–Kier alpha value is -2.40. The van der Waals surface area contributed by atoms with Crippen LogP contribution in [0.5, 0.6) is 5.75 Å². The third kappa shape index (κ3) is 3.19. The van der Waals surface area contributed by atoms with Gasteiger partial charge in [0, 0.05) is 5.39 Å². The molecule has 1 N–H and O–H groups in total. The fourth-order valence-electron chi connectivity index (χ4n) is 2.83. The Morgan fingerprint density at radius 2 is 1.91 bits per heavy atom. The first-order valence-corrected chi connectivity index (χ1v) is 7.84. The number of benzene rings is 2. The predicted molar refractivity (Wildman–Crippen MR) is 89.5 cm³/mol. The minimum atomic E-state index is -0.0856. The van der Waals surface area contributed by atoms with Crippen molar-refractivity contribution in [3.8, 4) is 5.75 Å². The van der Waals surface area contributed by atoms with Crippen molar-refractivity contribution in [1.29, 1.82) is 0 Å². The molecule has 3 aromatic rings. The van der Waals surface area contributed by atoms with Gasteiger partial charge in [0.25, 0.3) is 0 Å². The minimum Gasteiger partial charge on any atom is -0.491 e. The van der Waals surface area contributed by atoms with Gasteiger partial charge in [-0.3, -0.25) is 0 Å². The largest absolute Gasteiger partial charge is 0.491 e. The molecule has 3 rings (SSSR count). The summed E-state index contributed by atoms with van der Waals surface area (Å²) in [6.45, 7) is 5.16. The fourth-order valence-corrected chi connectivity index (χ4v) is 2.83. The molecule has 0 atom stereocenters. The Kier molecular flexibility index (Phi) is 4.57. The molecule has 1 aromatic heterocycles. The Bertz CT molecular complexity index is 791. The van der Waals surface area contributed by atoms with Gasteiger partial charge in [-0.2, -0.15) is 0 Å². The Morgan fingerprint density at radius 3 is 2.70 bits per heavy atom. The van der Waals surface area contributed by atoms with E-state index in [2.05, 4.69) is 42.4 Å². The summed E-state index contributed by atoms with van der Waals surface area (Å²) in [7, 11) is 0. The molecule has 23 heavy (non-hydrogen) atoms. The maximum absolute atomic E-state index is 9.36. The van der Waals surface area contributed by atoms with E-state index in [0.29, 0.717) is 18.8 Å². The molecule has 2 aromatic carbocycles. The summed E-state index contributed by atoms with van der Waals surface area (Å²) in [4.78, 5) is 0. The number of fused-ring (bicyclic) bond motifs is 1. The highest BCUT2D eigenvalue weighted by molar-refractivity contribution is 5.88. The van der Waals surface area contributed by atoms with E-state index in [0.717, 1.165) is 22.2 Å². The zero-order valence-electron chi connectivity index (χ0n) is 13.4. The van der Waals surface area contributed by atoms with E-state index in [-0.39, 0.29) is 12.5 Å². The number of rotatable bonds is 6. The zero-order chi connectivity index (χ0) is 16.2. The third-order valence-electron chi connectivity index (χ3n) is 3.85. The molecule has 0 bridgehead atoms. The second kappa shape index (κ2) is 6.79. The highest BCUT2D eigenvalue weighted by Crippen LogP contribution is 2.25. The molecule has 0 spiro atoms. The van der Waals surface area contributed by atoms with Crippen LogP contribution in [0.25, 0.3) is 10.8 Å². The normalized spacial score (nSPS) is 11.3. The molecule has 1 heterocycles. The Labute approximate surface area is 135 Å². The number of aliphatic hydroxyl groups excluding tert-OH is 1. The smallest absolute Gasteiger partial charge is 0.127 e. The van der Waals surface area contributed by atoms with Crippen LogP contribution < -0.4 is 4.74 Å². The number of hydrogen-bond donors (Lipinski definition) is 1. The van der Waals surface area contributed by atoms with Gasteiger partial charge in [-0.1, -0.05) is 55.5 Å². The number of nitrogens with zero attached hydrogens (tertiary/aromatic N) is 3. The van der Waals surface area contributed by atoms with Crippen molar-refractivity contribution in [3.63, 3.8) is 0 Å². The van der Waals surface area contributed by atoms with Crippen molar-refractivity contribution in [2.75, 3.05) is 6.61 Å². The first kappa shape index (κ1) is 15.5. The van der Waals surface area contributed by atoms with Crippen LogP contribution in [0.3, 0.4) is 0 Å². The molecule has 0 aliphatic heterocycles. The van der Waals surface area contributed by atoms with Gasteiger partial charge in [0.2, 0.25) is 0 Å². The van der Waals surface area contributed by atoms with Gasteiger partial charge in [0.15, 0.2) is 0 Å². The Morgan fingerprint density at radius 1 is 1.13 bits per heavy atom. The summed E-state index contributed by atoms with van der Waals surface area (Å²) in [5, 5.41) is 19.8. The molecule has 0 saturated carbocycles. The molecule has 0 unspecified atom stereocenters. The van der Waals surface area contributed by atoms with Crippen LogP contribution in [0.4, 0.5) is 0 Å². The molecule has 0 saturated heterocycles. The number of aliphatic hydroxyl groups is 1. The van der Waals surface area contributed by atoms with Crippen molar-refractivity contribution in [2.45, 2.75) is 32.9 Å². The summed E-state index contributed by atoms with van der Waals surface area (Å²) >= 11 is 0. The van der Waals surface area contributed by atoms with Crippen LogP contribution >= 0.6 is 0 Å². The number of ether oxygens (including phenoxy) is 1. The van der Waals surface area contributed by atoms with Crippen LogP contribution in [0.2, 0.25) is 0 Å². The first-order chi connectivity index (χ1) is 11.2. The van der Waals surface area contributed by atoms with Crippen LogP contribution in [0.1, 0.15) is 31.2 Å². The summed E-state index contributed by atoms with van der Waals surface area (Å²) < 4.78 is 7.77. The number of hydrogen-bond acceptors (Lipinski definition) is 4. The van der Waals surface area contributed by atoms with E-state index in [4.69, 9.17) is 4.74 Å². The molecular formula is C18H21N3O2. The van der Waals surface area contributed by atoms with Crippen molar-refractivity contribution in [3.05, 3.63) is 53.9 Å². The molecule has 120 valence electrons. The van der Waals surface area contributed by atoms with E-state index >= 15 is 0 Å². The quantitative estimate of drug-likeness (QED) is 0.760. The van der Waals surface area contributed by atoms with Gasteiger partial charge >= 0.3 is 0 Å². The highest BCUT2D eigenvalue weighted by atomic mass is 16.5. The van der Waals surface area contributed by atoms with Gasteiger partial charge in [-0.15, -0.1) is 5.10 Å². The minimum absolute atomic E-state index is 0.0856. The molecule has 0 radical (unpaired) electrons. The topological polar surface area (TPSA) is 60.2 Å². The van der Waals surface area contributed by atoms with Crippen molar-refractivity contribution in [2.24, 2.45) is 0 Å². The van der Waals surface area contributed by atoms with Gasteiger partial charge in [0.1, 0.15) is 18.1 Å². The van der Waals surface area contributed by atoms with Crippen LogP contribution in [-0.2, 0) is 13.2 Å². The molecular weight excluding hydrogens is 290 g/mol. The standard InChI is InChI=1S/C18H21N3O2/c1-13(2)18-16(12-22)19-20-21(18)10-11-23-17-9-5-7-14-6-3-4-8-15(14)17/h3-9,13,22H,10-12H2,1-2H3. The third-order valence-corrected chi connectivity index (χ3v) is 3.85. The molecule has 0 aliphatic rings. The maximum atomic E-state index is 9.36. The zero-order valence-corrected chi connectivity index (χ0v) is 13.4. The predicted octanol–water partition coefficient (Wildman–Crippen LogP) is 3.13. The highest BCUT2D eigenvalue weighted by Gasteiger charge is 2.15. The van der Waals surface area contributed by atoms with Crippen LogP contribution in [0, 0.1) is 0 Å². The van der Waals surface area contributed by atoms with Crippen LogP contribution in [0.15, 0.2) is 42.5 Å². The van der Waals surface area contributed by atoms with Crippen molar-refractivity contribution in [1.82, 2.24) is 15.0 Å². The number of aromatic nitrogens is 3. The maximum Gasteiger partial charge on any atom is 0.127 e. The van der Waals surface area contributed by atoms with E-state index < -0.39 is 0 Å². The van der Waals surface area contributed by atoms with Crippen LogP contribution in [-0.4, -0.2) is 26.7 Å². The van der Waals surface area contributed by atoms with Gasteiger partial charge < -0.3 is 9.84 Å². The molecule has 0 amide bonds. The fraction of sp³-hybridized carbons (Fsp3) is 0.333. The summed E-state index contributed by atoms with van der Waals surface area (Å²) in [6.07, 6.45) is 0. The lowest BCUT2D eigenvalue weighted by atomic mass is 10.1. The van der Waals surface area contributed by atoms with Gasteiger partial charge in [0.05, 0.1) is 18.8 Å². The second-order valence-electron chi connectivity index (χ2n) is 5.78. The lowest BCUT2D eigenvalue weighted by Gasteiger charge is -2.12. The summed E-state index contributed by atoms with van der Waals surface area (Å²) in [6, 6.07) is 14.2. The lowest BCUT2D eigenvalue weighted by Crippen LogP contribution is -2.14. The van der Waals surface area contributed by atoms with Crippen molar-refractivity contribution < 1.29 is 9.84 Å². The monoisotopic (exact) mass is 311 g/mol. The molecule has 0 fully saturated rings. The molecule has 5 heteroatoms. The SMILES string of the molecule is CC(C)c1c(CO)nnn1CCOc1cccc2ccccc12. The van der Waals surface area contributed by atoms with E-state index in [1.54, 1.807) is 0 Å². The second-order valence-corrected chi connectivity index (χ2v) is 5.78. The van der Waals surface area contributed by atoms with Crippen molar-refractivity contribution >= 4 is 10.8 Å². The van der Waals surface area contributed by atoms with Gasteiger partial charge in [-0.05, 0) is 17.4 Å². The van der Waals surface area contributed by atoms with Gasteiger partial charge in [-0.25, -0.2) is 4.68 Å². The molecule has 5 nitrogen and oxygen atoms in total. The average Bonchev–Trinajstić information content (AvgIpc) is 2.98. The van der Waals surface area contributed by atoms with E-state index in [9.17, 15) is 5.11 Å². The lowest BCUT2D eigenvalue weighted by molar-refractivity contribution is 0.274.